The first-order valence-electron chi connectivity index (χ1n) is 8.68. The quantitative estimate of drug-likeness (QED) is 0.555. The molecule has 1 unspecified atom stereocenters. The molecule has 0 bridgehead atoms. The van der Waals surface area contributed by atoms with Gasteiger partial charge in [-0.2, -0.15) is 0 Å². The van der Waals surface area contributed by atoms with Gasteiger partial charge in [-0.15, -0.1) is 0 Å². The van der Waals surface area contributed by atoms with Crippen molar-refractivity contribution in [1.82, 2.24) is 9.62 Å². The molecular weight excluding hydrogens is 340 g/mol. The first-order chi connectivity index (χ1) is 12.0. The summed E-state index contributed by atoms with van der Waals surface area (Å²) < 4.78 is 32.7. The van der Waals surface area contributed by atoms with Crippen LogP contribution >= 0.6 is 0 Å². The number of guanidine groups is 1. The molecule has 0 aromatic heterocycles. The van der Waals surface area contributed by atoms with Crippen molar-refractivity contribution in [2.75, 3.05) is 20.2 Å². The number of nitrogens with one attached hydrogen (secondary N) is 1. The van der Waals surface area contributed by atoms with Crippen molar-refractivity contribution in [2.45, 2.75) is 49.3 Å². The molecule has 0 amide bonds. The van der Waals surface area contributed by atoms with Crippen LogP contribution < -0.4 is 10.5 Å². The third-order valence-electron chi connectivity index (χ3n) is 4.64. The Morgan fingerprint density at radius 2 is 2.04 bits per heavy atom. The Kier molecular flexibility index (Phi) is 5.61. The molecule has 25 heavy (non-hydrogen) atoms. The van der Waals surface area contributed by atoms with Gasteiger partial charge in [0.05, 0.1) is 17.5 Å². The van der Waals surface area contributed by atoms with Gasteiger partial charge < -0.3 is 15.4 Å². The van der Waals surface area contributed by atoms with Crippen LogP contribution in [0, 0.1) is 0 Å². The van der Waals surface area contributed by atoms with Gasteiger partial charge in [0, 0.05) is 26.2 Å². The second-order valence-corrected chi connectivity index (χ2v) is 8.41. The fourth-order valence-electron chi connectivity index (χ4n) is 2.80. The summed E-state index contributed by atoms with van der Waals surface area (Å²) in [4.78, 5) is 6.62. The van der Waals surface area contributed by atoms with E-state index in [1.807, 2.05) is 11.9 Å². The van der Waals surface area contributed by atoms with E-state index in [-0.39, 0.29) is 11.0 Å². The van der Waals surface area contributed by atoms with Gasteiger partial charge >= 0.3 is 0 Å². The number of nitrogens with two attached hydrogens (primary N) is 1. The highest BCUT2D eigenvalue weighted by atomic mass is 32.2. The highest BCUT2D eigenvalue weighted by Gasteiger charge is 2.27. The standard InChI is InChI=1S/C17H26N4O3S/c1-21(14-6-7-14)17(18)19-11-13-4-8-16(9-5-13)25(22,23)20-12-15-3-2-10-24-15/h4-5,8-9,14-15,20H,2-3,6-7,10-12H2,1H3,(H2,18,19). The molecule has 1 atom stereocenters. The predicted octanol–water partition coefficient (Wildman–Crippen LogP) is 1.05. The van der Waals surface area contributed by atoms with Gasteiger partial charge in [0.15, 0.2) is 5.96 Å². The van der Waals surface area contributed by atoms with Gasteiger partial charge in [-0.25, -0.2) is 18.1 Å². The van der Waals surface area contributed by atoms with E-state index in [9.17, 15) is 8.42 Å². The van der Waals surface area contributed by atoms with E-state index in [4.69, 9.17) is 10.5 Å². The van der Waals surface area contributed by atoms with Crippen LogP contribution in [0.3, 0.4) is 0 Å². The third-order valence-corrected chi connectivity index (χ3v) is 6.08. The molecule has 7 nitrogen and oxygen atoms in total. The molecule has 1 aliphatic heterocycles. The van der Waals surface area contributed by atoms with E-state index in [0.717, 1.165) is 31.2 Å². The molecule has 3 N–H and O–H groups in total. The first kappa shape index (κ1) is 18.2. The van der Waals surface area contributed by atoms with Crippen molar-refractivity contribution in [3.05, 3.63) is 29.8 Å². The maximum Gasteiger partial charge on any atom is 0.240 e. The van der Waals surface area contributed by atoms with Crippen molar-refractivity contribution >= 4 is 16.0 Å². The van der Waals surface area contributed by atoms with Crippen LogP contribution in [0.4, 0.5) is 0 Å². The summed E-state index contributed by atoms with van der Waals surface area (Å²) in [5, 5.41) is 0. The SMILES string of the molecule is CN(C(N)=NCc1ccc(S(=O)(=O)NCC2CCCO2)cc1)C1CC1. The zero-order valence-corrected chi connectivity index (χ0v) is 15.3. The molecule has 1 aromatic carbocycles. The lowest BCUT2D eigenvalue weighted by atomic mass is 10.2. The summed E-state index contributed by atoms with van der Waals surface area (Å²) in [6, 6.07) is 7.27. The number of hydrogen-bond acceptors (Lipinski definition) is 4. The summed E-state index contributed by atoms with van der Waals surface area (Å²) >= 11 is 0. The number of aliphatic imine (C=N–C) groups is 1. The lowest BCUT2D eigenvalue weighted by Crippen LogP contribution is -2.35. The minimum atomic E-state index is -3.51. The summed E-state index contributed by atoms with van der Waals surface area (Å²) in [7, 11) is -1.56. The molecular formula is C17H26N4O3S. The Bertz CT molecular complexity index is 708. The molecule has 1 heterocycles. The highest BCUT2D eigenvalue weighted by molar-refractivity contribution is 7.89. The molecule has 3 rings (SSSR count). The minimum absolute atomic E-state index is 0.0187. The number of hydrogen-bond donors (Lipinski definition) is 2. The van der Waals surface area contributed by atoms with Crippen LogP contribution in [-0.4, -0.2) is 51.6 Å². The van der Waals surface area contributed by atoms with Crippen molar-refractivity contribution in [1.29, 1.82) is 0 Å². The van der Waals surface area contributed by atoms with Crippen LogP contribution in [0.25, 0.3) is 0 Å². The second-order valence-electron chi connectivity index (χ2n) is 6.65. The summed E-state index contributed by atoms with van der Waals surface area (Å²) in [6.45, 7) is 1.46. The smallest absolute Gasteiger partial charge is 0.240 e. The van der Waals surface area contributed by atoms with E-state index in [1.54, 1.807) is 24.3 Å². The van der Waals surface area contributed by atoms with Crippen molar-refractivity contribution < 1.29 is 13.2 Å². The Hall–Kier alpha value is -1.64. The van der Waals surface area contributed by atoms with Crippen LogP contribution in [0.15, 0.2) is 34.2 Å². The van der Waals surface area contributed by atoms with Crippen LogP contribution in [-0.2, 0) is 21.3 Å². The van der Waals surface area contributed by atoms with Crippen molar-refractivity contribution in [3.8, 4) is 0 Å². The molecule has 138 valence electrons. The van der Waals surface area contributed by atoms with Crippen LogP contribution in [0.5, 0.6) is 0 Å². The largest absolute Gasteiger partial charge is 0.377 e. The fourth-order valence-corrected chi connectivity index (χ4v) is 3.86. The summed E-state index contributed by atoms with van der Waals surface area (Å²) in [5.41, 5.74) is 6.88. The van der Waals surface area contributed by atoms with E-state index < -0.39 is 10.0 Å². The van der Waals surface area contributed by atoms with Gasteiger partial charge in [-0.3, -0.25) is 0 Å². The Morgan fingerprint density at radius 1 is 1.32 bits per heavy atom. The van der Waals surface area contributed by atoms with Crippen LogP contribution in [0.2, 0.25) is 0 Å². The molecule has 1 saturated carbocycles. The molecule has 0 spiro atoms. The number of sulfonamides is 1. The highest BCUT2D eigenvalue weighted by Crippen LogP contribution is 2.25. The summed E-state index contributed by atoms with van der Waals surface area (Å²) in [5.74, 6) is 0.525. The van der Waals surface area contributed by atoms with Gasteiger partial charge in [0.2, 0.25) is 10.0 Å². The topological polar surface area (TPSA) is 97.0 Å². The molecule has 0 radical (unpaired) electrons. The lowest BCUT2D eigenvalue weighted by molar-refractivity contribution is 0.114. The van der Waals surface area contributed by atoms with Gasteiger partial charge in [0.1, 0.15) is 0 Å². The number of benzene rings is 1. The van der Waals surface area contributed by atoms with Crippen LogP contribution in [0.1, 0.15) is 31.2 Å². The molecule has 1 aliphatic carbocycles. The van der Waals surface area contributed by atoms with E-state index >= 15 is 0 Å². The monoisotopic (exact) mass is 366 g/mol. The van der Waals surface area contributed by atoms with Crippen molar-refractivity contribution in [2.24, 2.45) is 10.7 Å². The van der Waals surface area contributed by atoms with E-state index in [2.05, 4.69) is 9.71 Å². The third kappa shape index (κ3) is 4.93. The summed E-state index contributed by atoms with van der Waals surface area (Å²) in [6.07, 6.45) is 4.20. The van der Waals surface area contributed by atoms with E-state index in [0.29, 0.717) is 31.7 Å². The zero-order chi connectivity index (χ0) is 17.9. The second kappa shape index (κ2) is 7.72. The average Bonchev–Trinajstić information content (AvgIpc) is 3.33. The lowest BCUT2D eigenvalue weighted by Gasteiger charge is -2.16. The maximum absolute atomic E-state index is 12.3. The predicted molar refractivity (Wildman–Crippen MR) is 96.7 cm³/mol. The number of ether oxygens (including phenoxy) is 1. The normalized spacial score (nSPS) is 21.5. The van der Waals surface area contributed by atoms with Crippen molar-refractivity contribution in [3.63, 3.8) is 0 Å². The maximum atomic E-state index is 12.3. The molecule has 2 fully saturated rings. The Balaban J connectivity index is 1.56. The number of nitrogens with zero attached hydrogens (tertiary/aromatic N) is 2. The van der Waals surface area contributed by atoms with Gasteiger partial charge in [-0.05, 0) is 43.4 Å². The average molecular weight is 366 g/mol. The zero-order valence-electron chi connectivity index (χ0n) is 14.5. The molecule has 1 saturated heterocycles. The first-order valence-corrected chi connectivity index (χ1v) is 10.2. The number of rotatable bonds is 7. The Labute approximate surface area is 149 Å². The minimum Gasteiger partial charge on any atom is -0.377 e. The van der Waals surface area contributed by atoms with Gasteiger partial charge in [0.25, 0.3) is 0 Å². The fraction of sp³-hybridized carbons (Fsp3) is 0.588. The van der Waals surface area contributed by atoms with E-state index in [1.165, 1.54) is 0 Å². The molecule has 2 aliphatic rings. The Morgan fingerprint density at radius 3 is 2.64 bits per heavy atom. The van der Waals surface area contributed by atoms with Gasteiger partial charge in [-0.1, -0.05) is 12.1 Å². The molecule has 1 aromatic rings. The molecule has 8 heteroatoms.